The average molecular weight is 283 g/mol. The maximum absolute atomic E-state index is 13.3. The Morgan fingerprint density at radius 3 is 2.61 bits per heavy atom. The van der Waals surface area contributed by atoms with Crippen LogP contribution in [0.1, 0.15) is 24.6 Å². The molecule has 5 heteroatoms. The molecule has 0 amide bonds. The largest absolute Gasteiger partial charge is 0.232 e. The van der Waals surface area contributed by atoms with Gasteiger partial charge < -0.3 is 0 Å². The molecule has 1 saturated carbocycles. The van der Waals surface area contributed by atoms with E-state index in [1.54, 1.807) is 6.07 Å². The van der Waals surface area contributed by atoms with Crippen molar-refractivity contribution >= 4 is 23.2 Å². The molecule has 0 spiro atoms. The first-order valence-corrected chi connectivity index (χ1v) is 6.39. The number of hydrogen-bond acceptors (Lipinski definition) is 2. The predicted octanol–water partition coefficient (Wildman–Crippen LogP) is 4.47. The highest BCUT2D eigenvalue weighted by Crippen LogP contribution is 2.39. The van der Waals surface area contributed by atoms with Gasteiger partial charge in [0.15, 0.2) is 0 Å². The molecule has 2 aromatic rings. The maximum Gasteiger partial charge on any atom is 0.133 e. The summed E-state index contributed by atoms with van der Waals surface area (Å²) in [6, 6.07) is 5.79. The molecule has 18 heavy (non-hydrogen) atoms. The van der Waals surface area contributed by atoms with E-state index in [1.807, 2.05) is 0 Å². The van der Waals surface area contributed by atoms with Crippen LogP contribution in [-0.2, 0) is 0 Å². The van der Waals surface area contributed by atoms with E-state index < -0.39 is 0 Å². The van der Waals surface area contributed by atoms with Gasteiger partial charge in [0.25, 0.3) is 0 Å². The number of benzene rings is 1. The second kappa shape index (κ2) is 4.48. The lowest BCUT2D eigenvalue weighted by Crippen LogP contribution is -1.96. The minimum atomic E-state index is -0.350. The number of aromatic nitrogens is 2. The van der Waals surface area contributed by atoms with Gasteiger partial charge in [-0.15, -0.1) is 0 Å². The molecule has 0 N–H and O–H groups in total. The van der Waals surface area contributed by atoms with Crippen LogP contribution < -0.4 is 0 Å². The Labute approximate surface area is 114 Å². The molecule has 0 aliphatic heterocycles. The number of hydrogen-bond donors (Lipinski definition) is 0. The summed E-state index contributed by atoms with van der Waals surface area (Å²) < 4.78 is 13.3. The van der Waals surface area contributed by atoms with Gasteiger partial charge in [0, 0.05) is 17.5 Å². The lowest BCUT2D eigenvalue weighted by molar-refractivity contribution is 0.628. The van der Waals surface area contributed by atoms with Crippen LogP contribution in [0.2, 0.25) is 10.2 Å². The minimum absolute atomic E-state index is 0.350. The van der Waals surface area contributed by atoms with Gasteiger partial charge in [-0.25, -0.2) is 14.4 Å². The first kappa shape index (κ1) is 11.9. The van der Waals surface area contributed by atoms with E-state index in [-0.39, 0.29) is 5.82 Å². The molecule has 3 rings (SSSR count). The van der Waals surface area contributed by atoms with Crippen molar-refractivity contribution in [2.45, 2.75) is 18.8 Å². The molecule has 1 aromatic carbocycles. The standard InChI is InChI=1S/C13H9Cl2FN2/c14-10-4-3-8(16)5-9(10)11-6-12(15)18-13(17-11)7-1-2-7/h3-7H,1-2H2. The molecule has 1 aliphatic rings. The number of halogens is 3. The molecule has 0 bridgehead atoms. The van der Waals surface area contributed by atoms with Crippen LogP contribution in [0.3, 0.4) is 0 Å². The molecule has 1 heterocycles. The van der Waals surface area contributed by atoms with E-state index >= 15 is 0 Å². The maximum atomic E-state index is 13.3. The molecular formula is C13H9Cl2FN2. The fourth-order valence-corrected chi connectivity index (χ4v) is 2.20. The normalized spacial score (nSPS) is 14.8. The van der Waals surface area contributed by atoms with Crippen molar-refractivity contribution in [3.63, 3.8) is 0 Å². The Morgan fingerprint density at radius 2 is 1.89 bits per heavy atom. The van der Waals surface area contributed by atoms with Crippen molar-refractivity contribution in [3.8, 4) is 11.3 Å². The van der Waals surface area contributed by atoms with E-state index in [4.69, 9.17) is 23.2 Å². The highest BCUT2D eigenvalue weighted by molar-refractivity contribution is 6.33. The van der Waals surface area contributed by atoms with Crippen LogP contribution in [0.15, 0.2) is 24.3 Å². The third-order valence-electron chi connectivity index (χ3n) is 2.86. The SMILES string of the molecule is Fc1ccc(Cl)c(-c2cc(Cl)nc(C3CC3)n2)c1. The Bertz CT molecular complexity index is 612. The van der Waals surface area contributed by atoms with E-state index in [0.717, 1.165) is 18.7 Å². The second-order valence-corrected chi connectivity index (χ2v) is 5.13. The average Bonchev–Trinajstić information content (AvgIpc) is 3.15. The minimum Gasteiger partial charge on any atom is -0.232 e. The Hall–Kier alpha value is -1.19. The predicted molar refractivity (Wildman–Crippen MR) is 69.4 cm³/mol. The van der Waals surface area contributed by atoms with Crippen molar-refractivity contribution in [1.29, 1.82) is 0 Å². The van der Waals surface area contributed by atoms with Crippen LogP contribution >= 0.6 is 23.2 Å². The summed E-state index contributed by atoms with van der Waals surface area (Å²) in [5, 5.41) is 0.815. The van der Waals surface area contributed by atoms with Gasteiger partial charge >= 0.3 is 0 Å². The summed E-state index contributed by atoms with van der Waals surface area (Å²) in [4.78, 5) is 8.61. The summed E-state index contributed by atoms with van der Waals surface area (Å²) in [6.45, 7) is 0. The first-order valence-electron chi connectivity index (χ1n) is 5.63. The molecule has 1 aromatic heterocycles. The Balaban J connectivity index is 2.12. The van der Waals surface area contributed by atoms with Gasteiger partial charge in [0.2, 0.25) is 0 Å². The van der Waals surface area contributed by atoms with Crippen LogP contribution in [0, 0.1) is 5.82 Å². The Kier molecular flexibility index (Phi) is 2.96. The molecule has 0 radical (unpaired) electrons. The third kappa shape index (κ3) is 2.33. The van der Waals surface area contributed by atoms with Crippen LogP contribution in [0.5, 0.6) is 0 Å². The summed E-state index contributed by atoms with van der Waals surface area (Å²) in [5.74, 6) is 0.754. The highest BCUT2D eigenvalue weighted by atomic mass is 35.5. The highest BCUT2D eigenvalue weighted by Gasteiger charge is 2.27. The zero-order valence-electron chi connectivity index (χ0n) is 9.33. The van der Waals surface area contributed by atoms with Gasteiger partial charge in [-0.05, 0) is 31.0 Å². The van der Waals surface area contributed by atoms with Gasteiger partial charge in [0.1, 0.15) is 16.8 Å². The van der Waals surface area contributed by atoms with Crippen molar-refractivity contribution < 1.29 is 4.39 Å². The lowest BCUT2D eigenvalue weighted by atomic mass is 10.1. The fraction of sp³-hybridized carbons (Fsp3) is 0.231. The van der Waals surface area contributed by atoms with Gasteiger partial charge in [-0.3, -0.25) is 0 Å². The summed E-state index contributed by atoms with van der Waals surface area (Å²) >= 11 is 12.0. The van der Waals surface area contributed by atoms with Crippen molar-refractivity contribution in [2.24, 2.45) is 0 Å². The van der Waals surface area contributed by atoms with E-state index in [2.05, 4.69) is 9.97 Å². The van der Waals surface area contributed by atoms with Crippen LogP contribution in [0.25, 0.3) is 11.3 Å². The lowest BCUT2D eigenvalue weighted by Gasteiger charge is -2.06. The zero-order chi connectivity index (χ0) is 12.7. The van der Waals surface area contributed by atoms with E-state index in [1.165, 1.54) is 18.2 Å². The van der Waals surface area contributed by atoms with Crippen LogP contribution in [0.4, 0.5) is 4.39 Å². The van der Waals surface area contributed by atoms with Gasteiger partial charge in [0.05, 0.1) is 10.7 Å². The molecule has 0 unspecified atom stereocenters. The van der Waals surface area contributed by atoms with Gasteiger partial charge in [-0.2, -0.15) is 0 Å². The number of rotatable bonds is 2. The van der Waals surface area contributed by atoms with Gasteiger partial charge in [-0.1, -0.05) is 23.2 Å². The summed E-state index contributed by atoms with van der Waals surface area (Å²) in [7, 11) is 0. The summed E-state index contributed by atoms with van der Waals surface area (Å²) in [6.07, 6.45) is 2.16. The van der Waals surface area contributed by atoms with Crippen molar-refractivity contribution in [3.05, 3.63) is 46.1 Å². The molecule has 92 valence electrons. The molecule has 1 fully saturated rings. The zero-order valence-corrected chi connectivity index (χ0v) is 10.8. The molecular weight excluding hydrogens is 274 g/mol. The van der Waals surface area contributed by atoms with E-state index in [9.17, 15) is 4.39 Å². The fourth-order valence-electron chi connectivity index (χ4n) is 1.79. The number of nitrogens with zero attached hydrogens (tertiary/aromatic N) is 2. The monoisotopic (exact) mass is 282 g/mol. The topological polar surface area (TPSA) is 25.8 Å². The molecule has 1 aliphatic carbocycles. The molecule has 0 saturated heterocycles. The third-order valence-corrected chi connectivity index (χ3v) is 3.38. The van der Waals surface area contributed by atoms with Crippen LogP contribution in [-0.4, -0.2) is 9.97 Å². The van der Waals surface area contributed by atoms with E-state index in [0.29, 0.717) is 27.4 Å². The molecule has 2 nitrogen and oxygen atoms in total. The van der Waals surface area contributed by atoms with Crippen molar-refractivity contribution in [1.82, 2.24) is 9.97 Å². The molecule has 0 atom stereocenters. The van der Waals surface area contributed by atoms with Crippen molar-refractivity contribution in [2.75, 3.05) is 0 Å². The second-order valence-electron chi connectivity index (χ2n) is 4.33. The quantitative estimate of drug-likeness (QED) is 0.760. The smallest absolute Gasteiger partial charge is 0.133 e. The summed E-state index contributed by atoms with van der Waals surface area (Å²) in [5.41, 5.74) is 1.12. The Morgan fingerprint density at radius 1 is 1.11 bits per heavy atom. The first-order chi connectivity index (χ1) is 8.63.